The van der Waals surface area contributed by atoms with E-state index in [0.29, 0.717) is 27.6 Å². The number of aromatic amines is 2. The summed E-state index contributed by atoms with van der Waals surface area (Å²) in [5.41, 5.74) is 4.01. The molecule has 9 heteroatoms. The zero-order chi connectivity index (χ0) is 27.1. The van der Waals surface area contributed by atoms with Gasteiger partial charge in [0.05, 0.1) is 5.39 Å². The van der Waals surface area contributed by atoms with Crippen LogP contribution in [0.4, 0.5) is 10.1 Å². The number of nitrogens with one attached hydrogen (secondary N) is 3. The quantitative estimate of drug-likeness (QED) is 0.249. The van der Waals surface area contributed by atoms with Gasteiger partial charge in [-0.25, -0.2) is 14.4 Å². The van der Waals surface area contributed by atoms with E-state index in [0.717, 1.165) is 22.8 Å². The lowest BCUT2D eigenvalue weighted by Crippen LogP contribution is -2.24. The van der Waals surface area contributed by atoms with Crippen LogP contribution in [0.1, 0.15) is 21.6 Å². The first kappa shape index (κ1) is 24.1. The first-order chi connectivity index (χ1) is 18.9. The van der Waals surface area contributed by atoms with Crippen molar-refractivity contribution < 1.29 is 13.9 Å². The van der Waals surface area contributed by atoms with Gasteiger partial charge in [-0.05, 0) is 43.7 Å². The van der Waals surface area contributed by atoms with E-state index in [9.17, 15) is 9.59 Å². The van der Waals surface area contributed by atoms with Gasteiger partial charge in [-0.2, -0.15) is 0 Å². The molecule has 0 spiro atoms. The number of rotatable bonds is 5. The molecule has 0 bridgehead atoms. The number of hydrogen-bond donors (Lipinski definition) is 3. The Hall–Kier alpha value is -5.31. The van der Waals surface area contributed by atoms with Gasteiger partial charge in [0.15, 0.2) is 11.6 Å². The summed E-state index contributed by atoms with van der Waals surface area (Å²) in [6.45, 7) is 3.52. The van der Waals surface area contributed by atoms with E-state index in [-0.39, 0.29) is 22.9 Å². The van der Waals surface area contributed by atoms with E-state index in [4.69, 9.17) is 4.74 Å². The first-order valence-electron chi connectivity index (χ1n) is 12.2. The van der Waals surface area contributed by atoms with Crippen molar-refractivity contribution in [1.82, 2.24) is 19.9 Å². The number of pyridine rings is 1. The Balaban J connectivity index is 1.29. The molecule has 0 atom stereocenters. The second-order valence-electron chi connectivity index (χ2n) is 9.18. The van der Waals surface area contributed by atoms with Gasteiger partial charge in [-0.1, -0.05) is 42.0 Å². The molecule has 6 aromatic rings. The summed E-state index contributed by atoms with van der Waals surface area (Å²) in [6, 6.07) is 19.1. The van der Waals surface area contributed by atoms with Crippen LogP contribution in [0.3, 0.4) is 0 Å². The molecule has 6 rings (SSSR count). The van der Waals surface area contributed by atoms with Crippen LogP contribution < -0.4 is 15.5 Å². The number of fused-ring (bicyclic) bond motifs is 2. The van der Waals surface area contributed by atoms with Gasteiger partial charge in [0.1, 0.15) is 17.5 Å². The Morgan fingerprint density at radius 2 is 1.82 bits per heavy atom. The highest BCUT2D eigenvalue weighted by Gasteiger charge is 2.19. The molecule has 1 amide bonds. The Bertz CT molecular complexity index is 1950. The Kier molecular flexibility index (Phi) is 5.88. The normalized spacial score (nSPS) is 11.2. The summed E-state index contributed by atoms with van der Waals surface area (Å²) in [6.07, 6.45) is 3.13. The summed E-state index contributed by atoms with van der Waals surface area (Å²) >= 11 is 0. The van der Waals surface area contributed by atoms with Crippen LogP contribution >= 0.6 is 0 Å². The Morgan fingerprint density at radius 1 is 1.00 bits per heavy atom. The van der Waals surface area contributed by atoms with Crippen molar-refractivity contribution in [2.75, 3.05) is 5.32 Å². The molecule has 3 N–H and O–H groups in total. The van der Waals surface area contributed by atoms with Crippen LogP contribution in [0.25, 0.3) is 33.1 Å². The molecule has 3 heterocycles. The van der Waals surface area contributed by atoms with Crippen LogP contribution in [-0.2, 0) is 0 Å². The number of benzene rings is 3. The number of nitrogens with zero attached hydrogens (tertiary/aromatic N) is 2. The van der Waals surface area contributed by atoms with Gasteiger partial charge in [0.25, 0.3) is 5.91 Å². The minimum absolute atomic E-state index is 0.0295. The molecule has 0 aliphatic heterocycles. The molecular weight excluding hydrogens is 497 g/mol. The van der Waals surface area contributed by atoms with Crippen molar-refractivity contribution in [1.29, 1.82) is 0 Å². The van der Waals surface area contributed by atoms with E-state index >= 15 is 4.39 Å². The minimum atomic E-state index is -0.712. The highest BCUT2D eigenvalue weighted by Crippen LogP contribution is 2.36. The number of carbonyl (C=O) groups excluding carboxylic acids is 1. The summed E-state index contributed by atoms with van der Waals surface area (Å²) in [7, 11) is 0. The topological polar surface area (TPSA) is 113 Å². The summed E-state index contributed by atoms with van der Waals surface area (Å²) in [5.74, 6) is -1.24. The number of aromatic nitrogens is 4. The van der Waals surface area contributed by atoms with Crippen LogP contribution in [0.2, 0.25) is 0 Å². The molecule has 3 aromatic heterocycles. The summed E-state index contributed by atoms with van der Waals surface area (Å²) in [4.78, 5) is 40.8. The molecule has 39 heavy (non-hydrogen) atoms. The minimum Gasteiger partial charge on any atom is -0.435 e. The number of ether oxygens (including phenoxy) is 1. The number of amides is 1. The van der Waals surface area contributed by atoms with Gasteiger partial charge in [-0.3, -0.25) is 9.59 Å². The Labute approximate surface area is 221 Å². The predicted molar refractivity (Wildman–Crippen MR) is 148 cm³/mol. The third kappa shape index (κ3) is 4.40. The third-order valence-corrected chi connectivity index (χ3v) is 6.49. The number of anilines is 1. The molecule has 8 nitrogen and oxygen atoms in total. The van der Waals surface area contributed by atoms with E-state index in [1.165, 1.54) is 18.5 Å². The molecule has 0 unspecified atom stereocenters. The van der Waals surface area contributed by atoms with E-state index in [1.54, 1.807) is 25.3 Å². The smallest absolute Gasteiger partial charge is 0.261 e. The van der Waals surface area contributed by atoms with Crippen LogP contribution in [0.15, 0.2) is 84.0 Å². The van der Waals surface area contributed by atoms with Crippen LogP contribution in [-0.4, -0.2) is 25.8 Å². The van der Waals surface area contributed by atoms with Gasteiger partial charge in [0, 0.05) is 40.1 Å². The van der Waals surface area contributed by atoms with Crippen molar-refractivity contribution in [3.63, 3.8) is 0 Å². The second kappa shape index (κ2) is 9.53. The number of halogens is 1. The maximum absolute atomic E-state index is 15.2. The molecule has 3 aromatic carbocycles. The van der Waals surface area contributed by atoms with Crippen LogP contribution in [0, 0.1) is 19.7 Å². The van der Waals surface area contributed by atoms with E-state index in [1.807, 2.05) is 43.3 Å². The maximum atomic E-state index is 15.2. The van der Waals surface area contributed by atoms with Crippen molar-refractivity contribution in [2.45, 2.75) is 13.8 Å². The average molecular weight is 520 g/mol. The number of hydrogen-bond acceptors (Lipinski definition) is 5. The number of H-pyrrole nitrogens is 2. The molecular formula is C30H22FN5O3. The second-order valence-corrected chi connectivity index (χ2v) is 9.18. The molecule has 0 radical (unpaired) electrons. The number of aryl methyl sites for hydroxylation is 2. The van der Waals surface area contributed by atoms with Crippen molar-refractivity contribution in [2.24, 2.45) is 0 Å². The SMILES string of the molecule is Cc1ccc2[nH]c(C)c(C(=O)Nc3ccc(Oc4ncnc5[nH]cc(-c6ccccc6)c45)c(F)c3)c(=O)c2c1. The van der Waals surface area contributed by atoms with Gasteiger partial charge in [-0.15, -0.1) is 0 Å². The largest absolute Gasteiger partial charge is 0.435 e. The fourth-order valence-electron chi connectivity index (χ4n) is 4.61. The van der Waals surface area contributed by atoms with Crippen molar-refractivity contribution >= 4 is 33.5 Å². The maximum Gasteiger partial charge on any atom is 0.261 e. The molecule has 0 aliphatic rings. The van der Waals surface area contributed by atoms with Crippen molar-refractivity contribution in [3.05, 3.63) is 112 Å². The van der Waals surface area contributed by atoms with E-state index < -0.39 is 17.2 Å². The zero-order valence-electron chi connectivity index (χ0n) is 21.0. The fraction of sp³-hybridized carbons (Fsp3) is 0.0667. The highest BCUT2D eigenvalue weighted by molar-refractivity contribution is 6.06. The first-order valence-corrected chi connectivity index (χ1v) is 12.2. The lowest BCUT2D eigenvalue weighted by atomic mass is 10.1. The van der Waals surface area contributed by atoms with E-state index in [2.05, 4.69) is 25.3 Å². The lowest BCUT2D eigenvalue weighted by Gasteiger charge is -2.11. The Morgan fingerprint density at radius 3 is 2.62 bits per heavy atom. The lowest BCUT2D eigenvalue weighted by molar-refractivity contribution is 0.102. The van der Waals surface area contributed by atoms with Crippen LogP contribution in [0.5, 0.6) is 11.6 Å². The van der Waals surface area contributed by atoms with Gasteiger partial charge < -0.3 is 20.0 Å². The monoisotopic (exact) mass is 519 g/mol. The molecule has 0 fully saturated rings. The standard InChI is InChI=1S/C30H22FN5O3/c1-16-8-10-23-20(12-16)27(37)25(17(2)35-23)29(38)36-19-9-11-24(22(31)13-19)39-30-26-21(18-6-4-3-5-7-18)14-32-28(26)33-15-34-30/h3-15H,1-2H3,(H,35,37)(H,36,38)(H,32,33,34). The molecule has 0 saturated carbocycles. The highest BCUT2D eigenvalue weighted by atomic mass is 19.1. The molecule has 192 valence electrons. The average Bonchev–Trinajstić information content (AvgIpc) is 3.36. The predicted octanol–water partition coefficient (Wildman–Crippen LogP) is 6.27. The summed E-state index contributed by atoms with van der Waals surface area (Å²) < 4.78 is 21.0. The molecule has 0 aliphatic carbocycles. The number of carbonyl (C=O) groups is 1. The van der Waals surface area contributed by atoms with Gasteiger partial charge in [0.2, 0.25) is 11.3 Å². The molecule has 0 saturated heterocycles. The fourth-order valence-corrected chi connectivity index (χ4v) is 4.61. The van der Waals surface area contributed by atoms with Gasteiger partial charge >= 0.3 is 0 Å². The van der Waals surface area contributed by atoms with Crippen molar-refractivity contribution in [3.8, 4) is 22.8 Å². The third-order valence-electron chi connectivity index (χ3n) is 6.49. The summed E-state index contributed by atoms with van der Waals surface area (Å²) in [5, 5.41) is 3.65. The zero-order valence-corrected chi connectivity index (χ0v) is 21.0.